The Kier molecular flexibility index (Phi) is 27.1. The molecule has 0 radical (unpaired) electrons. The van der Waals surface area contributed by atoms with Gasteiger partial charge in [-0.15, -0.1) is 0 Å². The number of aliphatic carboxylic acids is 2. The standard InChI is InChI=1S/C54H70N12O17S3/c1-84-20-17-38-49(74)65-42(25-46(70)71)53(78)60-37(16-19-56-26-31-8-4-3-5-9-31)48(73)59-29-44(67)58-28-43(54(79)64-41(52(77)62-38)23-32-27-57-36-11-7-6-10-34(32)36)66-50(75)39(18-21-85-2)61-51(76)40(63-47(72)35(55)24-45(68)69)22-30-12-14-33(15-13-30)83-86(80,81)82/h3-15,27,35,37-43,56-57H,16-26,28-29,55H2,1-2H3,(H,58,67)(H,59,73)(H,60,78)(H,61,76)(H,62,77)(H,63,72)(H,64,79)(H,65,74)(H,66,75)(H,68,69)(H,70,71)(H,80,81,82)/t35-,37-,38-,39-,40-,41-,42-,43-/m0/s1. The Hall–Kier alpha value is -8.30. The minimum Gasteiger partial charge on any atom is -0.481 e. The molecule has 5 rings (SSSR count). The first-order valence-electron chi connectivity index (χ1n) is 26.8. The summed E-state index contributed by atoms with van der Waals surface area (Å²) in [6.45, 7) is -1.05. The summed E-state index contributed by atoms with van der Waals surface area (Å²) in [5, 5.41) is 45.6. The van der Waals surface area contributed by atoms with E-state index in [1.54, 1.807) is 43.0 Å². The largest absolute Gasteiger partial charge is 0.481 e. The highest BCUT2D eigenvalue weighted by atomic mass is 32.3. The number of carbonyl (C=O) groups excluding carboxylic acids is 9. The number of amides is 9. The lowest BCUT2D eigenvalue weighted by atomic mass is 10.0. The molecule has 1 saturated heterocycles. The molecule has 466 valence electrons. The van der Waals surface area contributed by atoms with Gasteiger partial charge in [0.1, 0.15) is 48.0 Å². The van der Waals surface area contributed by atoms with E-state index in [0.29, 0.717) is 23.0 Å². The van der Waals surface area contributed by atoms with Gasteiger partial charge in [-0.1, -0.05) is 60.7 Å². The molecular formula is C54H70N12O17S3. The molecule has 0 unspecified atom stereocenters. The third-order valence-corrected chi connectivity index (χ3v) is 14.8. The van der Waals surface area contributed by atoms with Gasteiger partial charge in [0.2, 0.25) is 53.2 Å². The lowest BCUT2D eigenvalue weighted by Gasteiger charge is -2.28. The van der Waals surface area contributed by atoms with Crippen LogP contribution in [0.3, 0.4) is 0 Å². The number of rotatable bonds is 27. The minimum atomic E-state index is -4.92. The van der Waals surface area contributed by atoms with Crippen molar-refractivity contribution in [1.29, 1.82) is 0 Å². The van der Waals surface area contributed by atoms with Gasteiger partial charge in [-0.05, 0) is 84.7 Å². The van der Waals surface area contributed by atoms with E-state index in [1.807, 2.05) is 30.3 Å². The Morgan fingerprint density at radius 2 is 1.30 bits per heavy atom. The summed E-state index contributed by atoms with van der Waals surface area (Å²) >= 11 is 2.55. The van der Waals surface area contributed by atoms with Crippen molar-refractivity contribution >= 4 is 110 Å². The molecule has 8 atom stereocenters. The van der Waals surface area contributed by atoms with Crippen LogP contribution >= 0.6 is 23.5 Å². The minimum absolute atomic E-state index is 0.0716. The van der Waals surface area contributed by atoms with Crippen LogP contribution in [0.25, 0.3) is 10.9 Å². The number of carboxylic acids is 2. The fourth-order valence-corrected chi connectivity index (χ4v) is 9.98. The molecule has 0 saturated carbocycles. The Morgan fingerprint density at radius 1 is 0.686 bits per heavy atom. The van der Waals surface area contributed by atoms with Gasteiger partial charge in [-0.3, -0.25) is 57.3 Å². The maximum Gasteiger partial charge on any atom is 0.446 e. The summed E-state index contributed by atoms with van der Waals surface area (Å²) in [4.78, 5) is 154. The first-order valence-corrected chi connectivity index (χ1v) is 31.0. The SMILES string of the molecule is CSCC[C@@H]1NC(=O)[C@H](Cc2c[nH]c3ccccc23)NC(=O)[C@@H](NC(=O)[C@H](CCSC)NC(=O)[C@H](Cc2ccc(OS(=O)(=O)O)cc2)NC(=O)[C@@H](N)CC(=O)O)CNC(=O)CNC(=O)[C@H](CCNCc2ccccc2)NC(=O)[C@H](CC(=O)O)NC1=O. The third-order valence-electron chi connectivity index (χ3n) is 13.1. The molecule has 9 amide bonds. The summed E-state index contributed by atoms with van der Waals surface area (Å²) in [5.74, 6) is -11.9. The van der Waals surface area contributed by atoms with Crippen molar-refractivity contribution in [2.24, 2.45) is 5.73 Å². The Morgan fingerprint density at radius 3 is 1.97 bits per heavy atom. The molecular weight excluding hydrogens is 1180 g/mol. The normalized spacial score (nSPS) is 19.4. The maximum atomic E-state index is 14.8. The van der Waals surface area contributed by atoms with Crippen LogP contribution in [0, 0.1) is 0 Å². The number of aromatic amines is 1. The second-order valence-electron chi connectivity index (χ2n) is 19.7. The average molecular weight is 1260 g/mol. The van der Waals surface area contributed by atoms with Gasteiger partial charge in [-0.25, -0.2) is 0 Å². The Labute approximate surface area is 502 Å². The van der Waals surface area contributed by atoms with Crippen molar-refractivity contribution in [3.63, 3.8) is 0 Å². The van der Waals surface area contributed by atoms with Gasteiger partial charge < -0.3 is 78.3 Å². The molecule has 1 aromatic heterocycles. The number of H-pyrrole nitrogens is 1. The lowest BCUT2D eigenvalue weighted by molar-refractivity contribution is -0.141. The molecule has 0 spiro atoms. The number of hydrogen-bond donors (Lipinski definition) is 15. The van der Waals surface area contributed by atoms with E-state index in [9.17, 15) is 71.4 Å². The first kappa shape index (κ1) is 68.5. The van der Waals surface area contributed by atoms with Crippen molar-refractivity contribution in [3.8, 4) is 5.75 Å². The second kappa shape index (κ2) is 34.0. The molecule has 4 aromatic rings. The number of carboxylic acid groups (broad SMARTS) is 2. The van der Waals surface area contributed by atoms with E-state index in [4.69, 9.17) is 10.3 Å². The number of aromatic nitrogens is 1. The number of para-hydroxylation sites is 1. The molecule has 32 heteroatoms. The van der Waals surface area contributed by atoms with Gasteiger partial charge in [0.15, 0.2) is 0 Å². The molecule has 1 aliphatic heterocycles. The van der Waals surface area contributed by atoms with E-state index in [-0.39, 0.29) is 61.5 Å². The molecule has 1 aliphatic rings. The number of hydrogen-bond acceptors (Lipinski definition) is 18. The van der Waals surface area contributed by atoms with E-state index >= 15 is 0 Å². The molecule has 1 fully saturated rings. The molecule has 86 heavy (non-hydrogen) atoms. The predicted octanol–water partition coefficient (Wildman–Crippen LogP) is -2.26. The predicted molar refractivity (Wildman–Crippen MR) is 315 cm³/mol. The maximum absolute atomic E-state index is 14.8. The quantitative estimate of drug-likeness (QED) is 0.0221. The van der Waals surface area contributed by atoms with E-state index in [1.165, 1.54) is 35.7 Å². The first-order chi connectivity index (χ1) is 40.9. The highest BCUT2D eigenvalue weighted by molar-refractivity contribution is 7.98. The number of fused-ring (bicyclic) bond motifs is 1. The topological polar surface area (TPSA) is 454 Å². The van der Waals surface area contributed by atoms with Crippen LogP contribution in [-0.2, 0) is 82.5 Å². The zero-order chi connectivity index (χ0) is 62.9. The molecule has 0 bridgehead atoms. The van der Waals surface area contributed by atoms with Gasteiger partial charge in [0.05, 0.1) is 25.4 Å². The van der Waals surface area contributed by atoms with E-state index in [0.717, 1.165) is 17.7 Å². The number of thioether (sulfide) groups is 2. The summed E-state index contributed by atoms with van der Waals surface area (Å²) in [7, 11) is -4.92. The highest BCUT2D eigenvalue weighted by Crippen LogP contribution is 2.20. The highest BCUT2D eigenvalue weighted by Gasteiger charge is 2.36. The zero-order valence-electron chi connectivity index (χ0n) is 46.8. The lowest BCUT2D eigenvalue weighted by Crippen LogP contribution is -2.62. The van der Waals surface area contributed by atoms with Crippen LogP contribution in [0.15, 0.2) is 85.1 Å². The number of nitrogens with one attached hydrogen (secondary N) is 11. The monoisotopic (exact) mass is 1250 g/mol. The fourth-order valence-electron chi connectivity index (χ4n) is 8.69. The Bertz CT molecular complexity index is 3160. The molecule has 0 aliphatic carbocycles. The average Bonchev–Trinajstić information content (AvgIpc) is 2.80. The summed E-state index contributed by atoms with van der Waals surface area (Å²) in [6, 6.07) is 8.16. The number of nitrogens with two attached hydrogens (primary N) is 1. The Balaban J connectivity index is 1.51. The van der Waals surface area contributed by atoms with Gasteiger partial charge in [0, 0.05) is 43.0 Å². The van der Waals surface area contributed by atoms with Crippen molar-refractivity contribution in [3.05, 3.63) is 102 Å². The number of benzene rings is 3. The van der Waals surface area contributed by atoms with E-state index in [2.05, 4.69) is 62.3 Å². The molecule has 2 heterocycles. The number of carbonyl (C=O) groups is 11. The molecule has 29 nitrogen and oxygen atoms in total. The van der Waals surface area contributed by atoms with Crippen molar-refractivity contribution in [2.45, 2.75) is 99.8 Å². The van der Waals surface area contributed by atoms with Crippen LogP contribution < -0.4 is 63.1 Å². The van der Waals surface area contributed by atoms with Gasteiger partial charge >= 0.3 is 22.3 Å². The fraction of sp³-hybridized carbons (Fsp3) is 0.426. The van der Waals surface area contributed by atoms with Gasteiger partial charge in [0.25, 0.3) is 0 Å². The van der Waals surface area contributed by atoms with E-state index < -0.39 is 150 Å². The summed E-state index contributed by atoms with van der Waals surface area (Å²) in [5.41, 5.74) is 8.13. The van der Waals surface area contributed by atoms with Crippen LogP contribution in [0.5, 0.6) is 5.75 Å². The second-order valence-corrected chi connectivity index (χ2v) is 22.7. The van der Waals surface area contributed by atoms with Crippen LogP contribution in [0.1, 0.15) is 48.8 Å². The zero-order valence-corrected chi connectivity index (χ0v) is 49.2. The van der Waals surface area contributed by atoms with Crippen LogP contribution in [0.4, 0.5) is 0 Å². The van der Waals surface area contributed by atoms with Crippen molar-refractivity contribution in [2.75, 3.05) is 43.7 Å². The van der Waals surface area contributed by atoms with Gasteiger partial charge in [-0.2, -0.15) is 31.9 Å². The summed E-state index contributed by atoms with van der Waals surface area (Å²) in [6.07, 6.45) is 2.26. The third kappa shape index (κ3) is 22.9. The van der Waals surface area contributed by atoms with Crippen molar-refractivity contribution in [1.82, 2.24) is 58.2 Å². The van der Waals surface area contributed by atoms with Crippen molar-refractivity contribution < 1.29 is 80.1 Å². The summed E-state index contributed by atoms with van der Waals surface area (Å²) < 4.78 is 36.2. The molecule has 16 N–H and O–H groups in total. The smallest absolute Gasteiger partial charge is 0.446 e. The van der Waals surface area contributed by atoms with Crippen LogP contribution in [0.2, 0.25) is 0 Å². The molecule has 3 aromatic carbocycles. The van der Waals surface area contributed by atoms with Crippen LogP contribution in [-0.4, -0.2) is 185 Å².